The van der Waals surface area contributed by atoms with Crippen LogP contribution >= 0.6 is 0 Å². The van der Waals surface area contributed by atoms with E-state index in [0.29, 0.717) is 5.92 Å². The Hall–Kier alpha value is -4.24. The van der Waals surface area contributed by atoms with Crippen LogP contribution in [-0.4, -0.2) is 15.1 Å². The summed E-state index contributed by atoms with van der Waals surface area (Å²) in [5.74, 6) is 0.742. The van der Waals surface area contributed by atoms with Crippen molar-refractivity contribution in [3.63, 3.8) is 0 Å². The van der Waals surface area contributed by atoms with Crippen LogP contribution in [0.2, 0.25) is 0 Å². The molecule has 3 heteroatoms. The maximum Gasteiger partial charge on any atom is 0.124 e. The lowest BCUT2D eigenvalue weighted by Crippen LogP contribution is -2.08. The number of aromatic hydroxyl groups is 1. The van der Waals surface area contributed by atoms with Gasteiger partial charge < -0.3 is 5.11 Å². The number of pyridine rings is 2. The molecule has 2 aromatic heterocycles. The van der Waals surface area contributed by atoms with Gasteiger partial charge in [-0.15, -0.1) is 0 Å². The van der Waals surface area contributed by atoms with E-state index in [2.05, 4.69) is 67.4 Å². The third-order valence-corrected chi connectivity index (χ3v) is 7.16. The number of rotatable bonds is 4. The minimum Gasteiger partial charge on any atom is -0.507 e. The SMILES string of the molecule is CC(C)c1ccc(-c2cc(-c3ccccn3)cc3c2CCc2ccc(-c4ccccc4O)nc2-3)cc1. The molecule has 0 spiro atoms. The molecule has 36 heavy (non-hydrogen) atoms. The van der Waals surface area contributed by atoms with Crippen LogP contribution in [0.5, 0.6) is 5.75 Å². The first-order valence-corrected chi connectivity index (χ1v) is 12.6. The van der Waals surface area contributed by atoms with Crippen molar-refractivity contribution in [2.45, 2.75) is 32.6 Å². The normalized spacial score (nSPS) is 12.3. The van der Waals surface area contributed by atoms with Gasteiger partial charge in [-0.25, -0.2) is 4.98 Å². The standard InChI is InChI=1S/C33H28N2O/c1-21(2)22-10-12-23(13-11-22)28-19-25(30-8-5-6-18-34-30)20-29-26(28)16-14-24-15-17-31(35-33(24)29)27-7-3-4-9-32(27)36/h3-13,15,17-21,36H,14,16H2,1-2H3. The lowest BCUT2D eigenvalue weighted by molar-refractivity contribution is 0.477. The Balaban J connectivity index is 1.57. The Morgan fingerprint density at radius 2 is 1.47 bits per heavy atom. The predicted octanol–water partition coefficient (Wildman–Crippen LogP) is 8.07. The Labute approximate surface area is 212 Å². The average molecular weight is 469 g/mol. The minimum absolute atomic E-state index is 0.245. The average Bonchev–Trinajstić information content (AvgIpc) is 2.93. The van der Waals surface area contributed by atoms with Crippen molar-refractivity contribution >= 4 is 0 Å². The molecule has 0 saturated carbocycles. The number of phenols is 1. The van der Waals surface area contributed by atoms with Gasteiger partial charge in [0.1, 0.15) is 5.75 Å². The summed E-state index contributed by atoms with van der Waals surface area (Å²) < 4.78 is 0. The summed E-state index contributed by atoms with van der Waals surface area (Å²) in [5.41, 5.74) is 12.1. The molecule has 1 aliphatic rings. The second-order valence-electron chi connectivity index (χ2n) is 9.76. The number of fused-ring (bicyclic) bond motifs is 3. The van der Waals surface area contributed by atoms with Crippen LogP contribution in [0, 0.1) is 0 Å². The van der Waals surface area contributed by atoms with E-state index >= 15 is 0 Å². The van der Waals surface area contributed by atoms with Crippen molar-refractivity contribution in [3.8, 4) is 50.6 Å². The van der Waals surface area contributed by atoms with E-state index in [1.807, 2.05) is 42.6 Å². The number of aromatic nitrogens is 2. The van der Waals surface area contributed by atoms with E-state index in [0.717, 1.165) is 46.6 Å². The van der Waals surface area contributed by atoms with Crippen LogP contribution in [0.3, 0.4) is 0 Å². The summed E-state index contributed by atoms with van der Waals surface area (Å²) in [6, 6.07) is 31.1. The van der Waals surface area contributed by atoms with Gasteiger partial charge >= 0.3 is 0 Å². The monoisotopic (exact) mass is 468 g/mol. The molecule has 0 fully saturated rings. The van der Waals surface area contributed by atoms with Crippen LogP contribution in [0.25, 0.3) is 44.9 Å². The molecule has 0 aliphatic heterocycles. The fourth-order valence-electron chi connectivity index (χ4n) is 5.16. The maximum absolute atomic E-state index is 10.5. The number of hydrogen-bond donors (Lipinski definition) is 1. The third-order valence-electron chi connectivity index (χ3n) is 7.16. The third kappa shape index (κ3) is 3.97. The van der Waals surface area contributed by atoms with Crippen LogP contribution in [-0.2, 0) is 12.8 Å². The molecule has 1 N–H and O–H groups in total. The first kappa shape index (κ1) is 22.2. The molecule has 1 aliphatic carbocycles. The van der Waals surface area contributed by atoms with Crippen LogP contribution in [0.15, 0.2) is 97.2 Å². The molecule has 0 radical (unpaired) electrons. The highest BCUT2D eigenvalue weighted by molar-refractivity contribution is 5.86. The second-order valence-corrected chi connectivity index (χ2v) is 9.76. The van der Waals surface area contributed by atoms with Gasteiger partial charge in [-0.3, -0.25) is 4.98 Å². The van der Waals surface area contributed by atoms with Gasteiger partial charge in [0.2, 0.25) is 0 Å². The van der Waals surface area contributed by atoms with Crippen molar-refractivity contribution in [1.29, 1.82) is 0 Å². The fraction of sp³-hybridized carbons (Fsp3) is 0.152. The van der Waals surface area contributed by atoms with Gasteiger partial charge in [-0.1, -0.05) is 62.4 Å². The number of para-hydroxylation sites is 1. The number of nitrogens with zero attached hydrogens (tertiary/aromatic N) is 2. The Morgan fingerprint density at radius 3 is 2.22 bits per heavy atom. The summed E-state index contributed by atoms with van der Waals surface area (Å²) in [4.78, 5) is 9.76. The molecule has 0 amide bonds. The van der Waals surface area contributed by atoms with Gasteiger partial charge in [0, 0.05) is 22.9 Å². The molecule has 0 saturated heterocycles. The van der Waals surface area contributed by atoms with Crippen molar-refractivity contribution in [1.82, 2.24) is 9.97 Å². The lowest BCUT2D eigenvalue weighted by Gasteiger charge is -2.24. The molecular formula is C33H28N2O. The van der Waals surface area contributed by atoms with E-state index in [-0.39, 0.29) is 5.75 Å². The minimum atomic E-state index is 0.245. The topological polar surface area (TPSA) is 46.0 Å². The summed E-state index contributed by atoms with van der Waals surface area (Å²) in [5, 5.41) is 10.5. The Kier molecular flexibility index (Phi) is 5.61. The van der Waals surface area contributed by atoms with Gasteiger partial charge in [-0.2, -0.15) is 0 Å². The molecule has 0 unspecified atom stereocenters. The predicted molar refractivity (Wildman–Crippen MR) is 147 cm³/mol. The highest BCUT2D eigenvalue weighted by atomic mass is 16.3. The van der Waals surface area contributed by atoms with Crippen LogP contribution in [0.4, 0.5) is 0 Å². The van der Waals surface area contributed by atoms with E-state index in [1.54, 1.807) is 6.07 Å². The van der Waals surface area contributed by atoms with E-state index in [4.69, 9.17) is 4.98 Å². The van der Waals surface area contributed by atoms with Crippen molar-refractivity contribution in [3.05, 3.63) is 114 Å². The number of aryl methyl sites for hydroxylation is 1. The summed E-state index contributed by atoms with van der Waals surface area (Å²) in [7, 11) is 0. The molecule has 2 heterocycles. The lowest BCUT2D eigenvalue weighted by atomic mass is 9.82. The molecule has 0 bridgehead atoms. The van der Waals surface area contributed by atoms with Gasteiger partial charge in [0.15, 0.2) is 0 Å². The quantitative estimate of drug-likeness (QED) is 0.290. The zero-order valence-corrected chi connectivity index (χ0v) is 20.6. The van der Waals surface area contributed by atoms with Crippen molar-refractivity contribution in [2.75, 3.05) is 0 Å². The molecular weight excluding hydrogens is 440 g/mol. The van der Waals surface area contributed by atoms with E-state index < -0.39 is 0 Å². The Morgan fingerprint density at radius 1 is 0.694 bits per heavy atom. The number of hydrogen-bond acceptors (Lipinski definition) is 3. The summed E-state index contributed by atoms with van der Waals surface area (Å²) >= 11 is 0. The van der Waals surface area contributed by atoms with Crippen LogP contribution < -0.4 is 0 Å². The number of benzene rings is 3. The highest BCUT2D eigenvalue weighted by Gasteiger charge is 2.23. The number of phenolic OH excluding ortho intramolecular Hbond substituents is 1. The summed E-state index contributed by atoms with van der Waals surface area (Å²) in [6.07, 6.45) is 3.74. The highest BCUT2D eigenvalue weighted by Crippen LogP contribution is 2.42. The molecule has 176 valence electrons. The fourth-order valence-corrected chi connectivity index (χ4v) is 5.16. The van der Waals surface area contributed by atoms with Gasteiger partial charge in [0.05, 0.1) is 17.1 Å². The molecule has 5 aromatic rings. The summed E-state index contributed by atoms with van der Waals surface area (Å²) in [6.45, 7) is 4.45. The Bertz CT molecular complexity index is 1550. The van der Waals surface area contributed by atoms with Gasteiger partial charge in [-0.05, 0) is 89.0 Å². The first-order valence-electron chi connectivity index (χ1n) is 12.6. The van der Waals surface area contributed by atoms with Crippen molar-refractivity contribution in [2.24, 2.45) is 0 Å². The largest absolute Gasteiger partial charge is 0.507 e. The smallest absolute Gasteiger partial charge is 0.124 e. The van der Waals surface area contributed by atoms with Crippen molar-refractivity contribution < 1.29 is 5.11 Å². The zero-order valence-electron chi connectivity index (χ0n) is 20.6. The molecule has 3 nitrogen and oxygen atoms in total. The van der Waals surface area contributed by atoms with Gasteiger partial charge in [0.25, 0.3) is 0 Å². The first-order chi connectivity index (χ1) is 17.6. The molecule has 3 aromatic carbocycles. The maximum atomic E-state index is 10.5. The molecule has 6 rings (SSSR count). The van der Waals surface area contributed by atoms with Crippen LogP contribution in [0.1, 0.15) is 36.5 Å². The molecule has 0 atom stereocenters. The van der Waals surface area contributed by atoms with E-state index in [9.17, 15) is 5.11 Å². The second kappa shape index (κ2) is 9.09. The zero-order chi connectivity index (χ0) is 24.6. The van der Waals surface area contributed by atoms with E-state index in [1.165, 1.54) is 27.8 Å².